The molecule has 1 fully saturated rings. The summed E-state index contributed by atoms with van der Waals surface area (Å²) in [6.07, 6.45) is 1.93. The van der Waals surface area contributed by atoms with Crippen LogP contribution in [0.2, 0.25) is 10.1 Å². The standard InChI is InChI=1S/C39H50O3Si2/c1-8-36-39(42-36,31-41-44(38(5,6)7,34-25-17-11-18-26-34)35-27-19-12-20-28-35)29-30-40-43(37(2,3)4,32-21-13-9-14-22-32)33-23-15-10-16-24-33/h9-28,36H,8,29-31H2,1-7H3/t36-,39+/m0/s1. The fraction of sp³-hybridized carbons (Fsp3) is 0.385. The second-order valence-electron chi connectivity index (χ2n) is 14.3. The maximum absolute atomic E-state index is 7.41. The Morgan fingerprint density at radius 3 is 1.20 bits per heavy atom. The Balaban J connectivity index is 1.47. The van der Waals surface area contributed by atoms with Crippen molar-refractivity contribution in [3.8, 4) is 0 Å². The highest BCUT2D eigenvalue weighted by Gasteiger charge is 2.59. The van der Waals surface area contributed by atoms with Crippen molar-refractivity contribution in [2.75, 3.05) is 13.2 Å². The molecule has 5 heteroatoms. The molecule has 0 spiro atoms. The van der Waals surface area contributed by atoms with Crippen molar-refractivity contribution < 1.29 is 13.6 Å². The second-order valence-corrected chi connectivity index (χ2v) is 22.9. The third-order valence-corrected chi connectivity index (χ3v) is 19.5. The second kappa shape index (κ2) is 12.9. The lowest BCUT2D eigenvalue weighted by Gasteiger charge is -2.44. The zero-order chi connectivity index (χ0) is 31.5. The molecule has 0 aromatic heterocycles. The minimum absolute atomic E-state index is 0.0666. The molecule has 0 radical (unpaired) electrons. The van der Waals surface area contributed by atoms with Gasteiger partial charge in [0.05, 0.1) is 12.7 Å². The van der Waals surface area contributed by atoms with Gasteiger partial charge in [0, 0.05) is 13.0 Å². The van der Waals surface area contributed by atoms with E-state index in [1.54, 1.807) is 0 Å². The molecule has 5 rings (SSSR count). The molecule has 1 saturated heterocycles. The normalized spacial score (nSPS) is 19.1. The summed E-state index contributed by atoms with van der Waals surface area (Å²) in [6.45, 7) is 17.4. The molecule has 0 aliphatic carbocycles. The molecule has 0 unspecified atom stereocenters. The summed E-state index contributed by atoms with van der Waals surface area (Å²) in [7, 11) is -5.32. The van der Waals surface area contributed by atoms with E-state index < -0.39 is 16.6 Å². The van der Waals surface area contributed by atoms with Crippen molar-refractivity contribution in [3.63, 3.8) is 0 Å². The van der Waals surface area contributed by atoms with Gasteiger partial charge < -0.3 is 13.6 Å². The van der Waals surface area contributed by atoms with E-state index >= 15 is 0 Å². The fourth-order valence-corrected chi connectivity index (χ4v) is 16.4. The van der Waals surface area contributed by atoms with Crippen LogP contribution in [0.25, 0.3) is 0 Å². The van der Waals surface area contributed by atoms with Crippen molar-refractivity contribution in [3.05, 3.63) is 121 Å². The van der Waals surface area contributed by atoms with Crippen molar-refractivity contribution in [2.45, 2.75) is 83.1 Å². The molecule has 0 amide bonds. The third-order valence-electron chi connectivity index (χ3n) is 9.49. The molecular weight excluding hydrogens is 573 g/mol. The number of hydrogen-bond acceptors (Lipinski definition) is 3. The number of ether oxygens (including phenoxy) is 1. The summed E-state index contributed by atoms with van der Waals surface area (Å²) >= 11 is 0. The Bertz CT molecular complexity index is 1390. The highest BCUT2D eigenvalue weighted by Crippen LogP contribution is 2.46. The summed E-state index contributed by atoms with van der Waals surface area (Å²) in [5, 5.41) is 5.05. The van der Waals surface area contributed by atoms with Crippen LogP contribution in [0.15, 0.2) is 121 Å². The summed E-state index contributed by atoms with van der Waals surface area (Å²) < 4.78 is 21.3. The predicted molar refractivity (Wildman–Crippen MR) is 190 cm³/mol. The Morgan fingerprint density at radius 1 is 0.568 bits per heavy atom. The summed E-state index contributed by atoms with van der Waals surface area (Å²) in [4.78, 5) is 0. The molecule has 4 aromatic carbocycles. The maximum atomic E-state index is 7.41. The fourth-order valence-electron chi connectivity index (χ4n) is 7.25. The first-order valence-electron chi connectivity index (χ1n) is 16.2. The van der Waals surface area contributed by atoms with Crippen molar-refractivity contribution >= 4 is 37.4 Å². The van der Waals surface area contributed by atoms with Crippen LogP contribution in [-0.2, 0) is 13.6 Å². The van der Waals surface area contributed by atoms with Gasteiger partial charge in [-0.15, -0.1) is 0 Å². The van der Waals surface area contributed by atoms with Gasteiger partial charge in [-0.25, -0.2) is 0 Å². The van der Waals surface area contributed by atoms with E-state index in [4.69, 9.17) is 13.6 Å². The van der Waals surface area contributed by atoms with Gasteiger partial charge in [-0.1, -0.05) is 170 Å². The topological polar surface area (TPSA) is 31.0 Å². The third kappa shape index (κ3) is 6.05. The first kappa shape index (κ1) is 32.6. The highest BCUT2D eigenvalue weighted by molar-refractivity contribution is 7.00. The van der Waals surface area contributed by atoms with Crippen molar-refractivity contribution in [1.82, 2.24) is 0 Å². The van der Waals surface area contributed by atoms with Crippen LogP contribution in [0.3, 0.4) is 0 Å². The minimum atomic E-state index is -2.68. The molecule has 0 bridgehead atoms. The number of rotatable bonds is 12. The molecule has 0 N–H and O–H groups in total. The first-order valence-corrected chi connectivity index (χ1v) is 20.0. The zero-order valence-electron chi connectivity index (χ0n) is 27.7. The van der Waals surface area contributed by atoms with E-state index in [-0.39, 0.29) is 21.8 Å². The molecule has 2 atom stereocenters. The summed E-state index contributed by atoms with van der Waals surface area (Å²) in [6, 6.07) is 43.6. The Kier molecular flexibility index (Phi) is 9.55. The monoisotopic (exact) mass is 622 g/mol. The average Bonchev–Trinajstić information content (AvgIpc) is 3.73. The molecule has 0 saturated carbocycles. The minimum Gasteiger partial charge on any atom is -0.407 e. The van der Waals surface area contributed by atoms with Crippen LogP contribution in [0, 0.1) is 0 Å². The molecule has 44 heavy (non-hydrogen) atoms. The van der Waals surface area contributed by atoms with E-state index in [0.29, 0.717) is 13.2 Å². The van der Waals surface area contributed by atoms with Gasteiger partial charge in [0.1, 0.15) is 5.60 Å². The number of hydrogen-bond donors (Lipinski definition) is 0. The number of benzene rings is 4. The van der Waals surface area contributed by atoms with Crippen molar-refractivity contribution in [2.24, 2.45) is 0 Å². The SMILES string of the molecule is CC[C@@H]1O[C@]1(CCO[Si](c1ccccc1)(c1ccccc1)C(C)(C)C)CO[Si](c1ccccc1)(c1ccccc1)C(C)(C)C. The van der Waals surface area contributed by atoms with Gasteiger partial charge in [-0.2, -0.15) is 0 Å². The Morgan fingerprint density at radius 2 is 0.909 bits per heavy atom. The van der Waals surface area contributed by atoms with Gasteiger partial charge in [0.15, 0.2) is 0 Å². The molecule has 1 aliphatic heterocycles. The lowest BCUT2D eigenvalue weighted by molar-refractivity contribution is 0.149. The van der Waals surface area contributed by atoms with Crippen LogP contribution in [0.1, 0.15) is 61.3 Å². The molecule has 4 aromatic rings. The van der Waals surface area contributed by atoms with Gasteiger partial charge in [-0.3, -0.25) is 0 Å². The van der Waals surface area contributed by atoms with Gasteiger partial charge in [-0.05, 0) is 37.2 Å². The Labute approximate surface area is 267 Å². The zero-order valence-corrected chi connectivity index (χ0v) is 29.7. The van der Waals surface area contributed by atoms with Crippen LogP contribution in [0.5, 0.6) is 0 Å². The molecule has 232 valence electrons. The predicted octanol–water partition coefficient (Wildman–Crippen LogP) is 7.08. The first-order chi connectivity index (χ1) is 21.0. The summed E-state index contributed by atoms with van der Waals surface area (Å²) in [5.41, 5.74) is -0.354. The van der Waals surface area contributed by atoms with Crippen LogP contribution in [0.4, 0.5) is 0 Å². The lowest BCUT2D eigenvalue weighted by Crippen LogP contribution is -2.67. The van der Waals surface area contributed by atoms with E-state index in [1.807, 2.05) is 0 Å². The largest absolute Gasteiger partial charge is 0.407 e. The highest BCUT2D eigenvalue weighted by atomic mass is 28.4. The lowest BCUT2D eigenvalue weighted by atomic mass is 10.0. The smallest absolute Gasteiger partial charge is 0.261 e. The molecular formula is C39H50O3Si2. The van der Waals surface area contributed by atoms with Crippen LogP contribution >= 0.6 is 0 Å². The van der Waals surface area contributed by atoms with E-state index in [9.17, 15) is 0 Å². The van der Waals surface area contributed by atoms with E-state index in [1.165, 1.54) is 20.7 Å². The van der Waals surface area contributed by atoms with Crippen LogP contribution in [-0.4, -0.2) is 41.6 Å². The molecule has 1 heterocycles. The Hall–Kier alpha value is -2.81. The summed E-state index contributed by atoms with van der Waals surface area (Å²) in [5.74, 6) is 0. The maximum Gasteiger partial charge on any atom is 0.261 e. The number of epoxide rings is 1. The van der Waals surface area contributed by atoms with E-state index in [0.717, 1.165) is 12.8 Å². The molecule has 1 aliphatic rings. The quantitative estimate of drug-likeness (QED) is 0.125. The average molecular weight is 623 g/mol. The van der Waals surface area contributed by atoms with Gasteiger partial charge in [0.25, 0.3) is 16.6 Å². The van der Waals surface area contributed by atoms with E-state index in [2.05, 4.69) is 170 Å². The van der Waals surface area contributed by atoms with Gasteiger partial charge >= 0.3 is 0 Å². The van der Waals surface area contributed by atoms with Crippen molar-refractivity contribution in [1.29, 1.82) is 0 Å². The molecule has 3 nitrogen and oxygen atoms in total. The van der Waals surface area contributed by atoms with Gasteiger partial charge in [0.2, 0.25) is 0 Å². The van der Waals surface area contributed by atoms with Crippen LogP contribution < -0.4 is 20.7 Å².